The Balaban J connectivity index is 2.40. The molecule has 0 saturated heterocycles. The van der Waals surface area contributed by atoms with Gasteiger partial charge in [0.25, 0.3) is 0 Å². The van der Waals surface area contributed by atoms with E-state index in [1.807, 2.05) is 0 Å². The molecule has 0 aliphatic carbocycles. The molecular formula is C14H21NOS. The summed E-state index contributed by atoms with van der Waals surface area (Å²) in [6.45, 7) is 7.45. The third kappa shape index (κ3) is 2.45. The SMILES string of the molecule is CCCNC1c2cccc(C)c2S(=O)CC1C. The third-order valence-electron chi connectivity index (χ3n) is 3.40. The topological polar surface area (TPSA) is 29.1 Å². The van der Waals surface area contributed by atoms with E-state index in [-0.39, 0.29) is 0 Å². The van der Waals surface area contributed by atoms with Gasteiger partial charge in [0.15, 0.2) is 0 Å². The average Bonchev–Trinajstić information content (AvgIpc) is 2.28. The van der Waals surface area contributed by atoms with Gasteiger partial charge in [-0.1, -0.05) is 32.0 Å². The van der Waals surface area contributed by atoms with E-state index in [9.17, 15) is 4.21 Å². The minimum Gasteiger partial charge on any atom is -0.310 e. The third-order valence-corrected chi connectivity index (χ3v) is 5.24. The van der Waals surface area contributed by atoms with Crippen molar-refractivity contribution in [3.63, 3.8) is 0 Å². The van der Waals surface area contributed by atoms with E-state index in [1.165, 1.54) is 5.56 Å². The second-order valence-electron chi connectivity index (χ2n) is 4.91. The zero-order chi connectivity index (χ0) is 12.4. The summed E-state index contributed by atoms with van der Waals surface area (Å²) in [5.74, 6) is 1.22. The molecule has 1 N–H and O–H groups in total. The maximum absolute atomic E-state index is 12.2. The average molecular weight is 251 g/mol. The molecule has 2 rings (SSSR count). The Hall–Kier alpha value is -0.670. The minimum absolute atomic E-state index is 0.363. The summed E-state index contributed by atoms with van der Waals surface area (Å²) in [5.41, 5.74) is 2.41. The van der Waals surface area contributed by atoms with Crippen LogP contribution in [0.25, 0.3) is 0 Å². The van der Waals surface area contributed by atoms with Crippen LogP contribution in [0.3, 0.4) is 0 Å². The molecule has 0 fully saturated rings. The van der Waals surface area contributed by atoms with Gasteiger partial charge in [-0.25, -0.2) is 0 Å². The number of benzene rings is 1. The van der Waals surface area contributed by atoms with Crippen molar-refractivity contribution in [1.29, 1.82) is 0 Å². The molecule has 0 amide bonds. The Morgan fingerprint density at radius 2 is 2.24 bits per heavy atom. The number of hydrogen-bond donors (Lipinski definition) is 1. The van der Waals surface area contributed by atoms with Crippen LogP contribution < -0.4 is 5.32 Å². The fraction of sp³-hybridized carbons (Fsp3) is 0.571. The van der Waals surface area contributed by atoms with Gasteiger partial charge < -0.3 is 5.32 Å². The van der Waals surface area contributed by atoms with E-state index in [0.29, 0.717) is 12.0 Å². The van der Waals surface area contributed by atoms with Gasteiger partial charge >= 0.3 is 0 Å². The Bertz CT molecular complexity index is 430. The number of aryl methyl sites for hydroxylation is 1. The van der Waals surface area contributed by atoms with Crippen molar-refractivity contribution < 1.29 is 4.21 Å². The predicted molar refractivity (Wildman–Crippen MR) is 72.7 cm³/mol. The minimum atomic E-state index is -0.823. The lowest BCUT2D eigenvalue weighted by Crippen LogP contribution is -2.35. The fourth-order valence-corrected chi connectivity index (χ4v) is 4.29. The molecule has 1 heterocycles. The van der Waals surface area contributed by atoms with Crippen LogP contribution in [0.5, 0.6) is 0 Å². The van der Waals surface area contributed by atoms with Crippen molar-refractivity contribution in [3.05, 3.63) is 29.3 Å². The molecule has 1 aromatic carbocycles. The van der Waals surface area contributed by atoms with E-state index >= 15 is 0 Å². The molecule has 0 spiro atoms. The molecule has 94 valence electrons. The normalized spacial score (nSPS) is 27.8. The van der Waals surface area contributed by atoms with E-state index in [4.69, 9.17) is 0 Å². The molecule has 0 bridgehead atoms. The first-order valence-corrected chi connectivity index (χ1v) is 7.68. The van der Waals surface area contributed by atoms with Gasteiger partial charge in [0, 0.05) is 16.7 Å². The molecule has 17 heavy (non-hydrogen) atoms. The van der Waals surface area contributed by atoms with Crippen molar-refractivity contribution in [1.82, 2.24) is 5.32 Å². The van der Waals surface area contributed by atoms with Crippen molar-refractivity contribution in [2.45, 2.75) is 38.1 Å². The molecule has 1 aliphatic rings. The fourth-order valence-electron chi connectivity index (χ4n) is 2.57. The molecule has 2 nitrogen and oxygen atoms in total. The molecule has 3 unspecified atom stereocenters. The number of rotatable bonds is 3. The highest BCUT2D eigenvalue weighted by atomic mass is 32.2. The summed E-state index contributed by atoms with van der Waals surface area (Å²) in [4.78, 5) is 1.07. The lowest BCUT2D eigenvalue weighted by molar-refractivity contribution is 0.402. The maximum atomic E-state index is 12.2. The number of hydrogen-bond acceptors (Lipinski definition) is 2. The maximum Gasteiger partial charge on any atom is 0.0539 e. The highest BCUT2D eigenvalue weighted by molar-refractivity contribution is 7.85. The van der Waals surface area contributed by atoms with Crippen LogP contribution >= 0.6 is 0 Å². The highest BCUT2D eigenvalue weighted by Crippen LogP contribution is 2.35. The van der Waals surface area contributed by atoms with Crippen molar-refractivity contribution in [3.8, 4) is 0 Å². The van der Waals surface area contributed by atoms with Gasteiger partial charge in [0.1, 0.15) is 0 Å². The monoisotopic (exact) mass is 251 g/mol. The summed E-state index contributed by atoms with van der Waals surface area (Å²) < 4.78 is 12.2. The van der Waals surface area contributed by atoms with Crippen molar-refractivity contribution >= 4 is 10.8 Å². The summed E-state index contributed by atoms with van der Waals surface area (Å²) >= 11 is 0. The Morgan fingerprint density at radius 1 is 1.47 bits per heavy atom. The summed E-state index contributed by atoms with van der Waals surface area (Å²) in [5, 5.41) is 3.59. The van der Waals surface area contributed by atoms with Crippen LogP contribution in [0, 0.1) is 12.8 Å². The van der Waals surface area contributed by atoms with Crippen LogP contribution in [0.2, 0.25) is 0 Å². The van der Waals surface area contributed by atoms with Gasteiger partial charge in [0.2, 0.25) is 0 Å². The first-order valence-electron chi connectivity index (χ1n) is 6.36. The smallest absolute Gasteiger partial charge is 0.0539 e. The largest absolute Gasteiger partial charge is 0.310 e. The van der Waals surface area contributed by atoms with Gasteiger partial charge in [-0.3, -0.25) is 4.21 Å². The van der Waals surface area contributed by atoms with Crippen LogP contribution in [0.4, 0.5) is 0 Å². The van der Waals surface area contributed by atoms with E-state index in [1.54, 1.807) is 0 Å². The van der Waals surface area contributed by atoms with Crippen molar-refractivity contribution in [2.75, 3.05) is 12.3 Å². The molecule has 0 radical (unpaired) electrons. The number of nitrogens with one attached hydrogen (secondary N) is 1. The molecule has 1 aromatic rings. The molecule has 3 heteroatoms. The molecule has 3 atom stereocenters. The second kappa shape index (κ2) is 5.32. The predicted octanol–water partition coefficient (Wildman–Crippen LogP) is 2.79. The standard InChI is InChI=1S/C14H21NOS/c1-4-8-15-13-11(3)9-17(16)14-10(2)6-5-7-12(13)14/h5-7,11,13,15H,4,8-9H2,1-3H3. The number of fused-ring (bicyclic) bond motifs is 1. The Kier molecular flexibility index (Phi) is 4.00. The quantitative estimate of drug-likeness (QED) is 0.895. The summed E-state index contributed by atoms with van der Waals surface area (Å²) in [6, 6.07) is 6.62. The van der Waals surface area contributed by atoms with Gasteiger partial charge in [-0.05, 0) is 36.9 Å². The lowest BCUT2D eigenvalue weighted by atomic mass is 9.94. The van der Waals surface area contributed by atoms with Crippen LogP contribution in [-0.2, 0) is 10.8 Å². The van der Waals surface area contributed by atoms with Gasteiger partial charge in [0.05, 0.1) is 10.8 Å². The van der Waals surface area contributed by atoms with Gasteiger partial charge in [-0.2, -0.15) is 0 Å². The van der Waals surface area contributed by atoms with Crippen LogP contribution in [0.15, 0.2) is 23.1 Å². The first kappa shape index (κ1) is 12.8. The molecule has 1 aliphatic heterocycles. The van der Waals surface area contributed by atoms with Gasteiger partial charge in [-0.15, -0.1) is 0 Å². The first-order chi connectivity index (χ1) is 8.15. The van der Waals surface area contributed by atoms with Crippen LogP contribution in [0.1, 0.15) is 37.4 Å². The molecular weight excluding hydrogens is 230 g/mol. The Labute approximate surface area is 106 Å². The highest BCUT2D eigenvalue weighted by Gasteiger charge is 2.30. The molecule has 0 saturated carbocycles. The summed E-state index contributed by atoms with van der Waals surface area (Å²) in [7, 11) is -0.823. The van der Waals surface area contributed by atoms with Crippen LogP contribution in [-0.4, -0.2) is 16.5 Å². The Morgan fingerprint density at radius 3 is 2.94 bits per heavy atom. The molecule has 0 aromatic heterocycles. The van der Waals surface area contributed by atoms with E-state index < -0.39 is 10.8 Å². The summed E-state index contributed by atoms with van der Waals surface area (Å²) in [6.07, 6.45) is 1.13. The zero-order valence-corrected chi connectivity index (χ0v) is 11.6. The second-order valence-corrected chi connectivity index (χ2v) is 6.35. The lowest BCUT2D eigenvalue weighted by Gasteiger charge is -2.32. The van der Waals surface area contributed by atoms with Crippen molar-refractivity contribution in [2.24, 2.45) is 5.92 Å². The zero-order valence-electron chi connectivity index (χ0n) is 10.8. The van der Waals surface area contributed by atoms with E-state index in [0.717, 1.165) is 29.2 Å². The van der Waals surface area contributed by atoms with E-state index in [2.05, 4.69) is 44.3 Å².